The van der Waals surface area contributed by atoms with Crippen LogP contribution in [0, 0.1) is 30.9 Å². The summed E-state index contributed by atoms with van der Waals surface area (Å²) in [5.41, 5.74) is 4.69. The van der Waals surface area contributed by atoms with Crippen molar-refractivity contribution >= 4 is 33.7 Å². The van der Waals surface area contributed by atoms with Gasteiger partial charge in [-0.25, -0.2) is 8.78 Å². The standard InChI is InChI=1S/C38H40F2N2O5S/c1-24-6-15-30(25(2)20-24)32-22-34(40)35(23-33(32)39)42-37(44)31(28-11-7-26(8-12-28)16-17-38(3,4)5)21-27-9-13-29(14-10-27)36(43)41-18-19-48(45,46)47/h6-17,20,22-23,31H,18-19,21H2,1-5H3,(H,41,43)(H,42,44)(H,45,46,47)/b17-16+. The van der Waals surface area contributed by atoms with Crippen LogP contribution in [0.1, 0.15) is 64.9 Å². The maximum atomic E-state index is 15.4. The van der Waals surface area contributed by atoms with Gasteiger partial charge in [0.2, 0.25) is 5.91 Å². The van der Waals surface area contributed by atoms with E-state index in [0.29, 0.717) is 16.7 Å². The first-order chi connectivity index (χ1) is 22.5. The molecule has 0 fully saturated rings. The summed E-state index contributed by atoms with van der Waals surface area (Å²) in [5, 5.41) is 5.02. The van der Waals surface area contributed by atoms with E-state index >= 15 is 8.78 Å². The molecule has 4 rings (SSSR count). The third kappa shape index (κ3) is 10.2. The van der Waals surface area contributed by atoms with Gasteiger partial charge in [-0.3, -0.25) is 14.1 Å². The summed E-state index contributed by atoms with van der Waals surface area (Å²) in [7, 11) is -4.22. The fraction of sp³-hybridized carbons (Fsp3) is 0.263. The van der Waals surface area contributed by atoms with Gasteiger partial charge in [0.1, 0.15) is 11.6 Å². The maximum Gasteiger partial charge on any atom is 0.266 e. The Balaban J connectivity index is 1.60. The number of allylic oxidation sites excluding steroid dienone is 1. The van der Waals surface area contributed by atoms with E-state index in [4.69, 9.17) is 4.55 Å². The molecule has 0 aliphatic rings. The quantitative estimate of drug-likeness (QED) is 0.140. The average molecular weight is 675 g/mol. The average Bonchev–Trinajstić information content (AvgIpc) is 3.00. The Bertz CT molecular complexity index is 1930. The number of hydrogen-bond donors (Lipinski definition) is 3. The second-order valence-corrected chi connectivity index (χ2v) is 14.6. The predicted molar refractivity (Wildman–Crippen MR) is 186 cm³/mol. The van der Waals surface area contributed by atoms with Gasteiger partial charge >= 0.3 is 0 Å². The molecule has 0 aliphatic carbocycles. The van der Waals surface area contributed by atoms with E-state index < -0.39 is 45.2 Å². The van der Waals surface area contributed by atoms with Crippen molar-refractivity contribution < 1.29 is 31.3 Å². The number of carbonyl (C=O) groups excluding carboxylic acids is 2. The Kier molecular flexibility index (Phi) is 11.3. The summed E-state index contributed by atoms with van der Waals surface area (Å²) in [6, 6.07) is 21.4. The van der Waals surface area contributed by atoms with Crippen molar-refractivity contribution in [1.82, 2.24) is 5.32 Å². The summed E-state index contributed by atoms with van der Waals surface area (Å²) in [6.45, 7) is 9.75. The molecular formula is C38H40F2N2O5S. The second kappa shape index (κ2) is 15.0. The number of hydrogen-bond acceptors (Lipinski definition) is 4. The number of benzene rings is 4. The van der Waals surface area contributed by atoms with E-state index in [1.165, 1.54) is 12.1 Å². The SMILES string of the molecule is Cc1ccc(-c2cc(F)c(NC(=O)C(Cc3ccc(C(=O)NCCS(=O)(=O)O)cc3)c3ccc(/C=C/C(C)(C)C)cc3)cc2F)c(C)c1. The largest absolute Gasteiger partial charge is 0.351 e. The molecule has 0 aliphatic heterocycles. The summed E-state index contributed by atoms with van der Waals surface area (Å²) in [6.07, 6.45) is 4.25. The van der Waals surface area contributed by atoms with E-state index in [9.17, 15) is 18.0 Å². The van der Waals surface area contributed by atoms with Gasteiger partial charge in [0.05, 0.1) is 17.4 Å². The van der Waals surface area contributed by atoms with Gasteiger partial charge < -0.3 is 10.6 Å². The molecule has 0 bridgehead atoms. The highest BCUT2D eigenvalue weighted by atomic mass is 32.2. The smallest absolute Gasteiger partial charge is 0.266 e. The summed E-state index contributed by atoms with van der Waals surface area (Å²) < 4.78 is 61.5. The fourth-order valence-electron chi connectivity index (χ4n) is 5.16. The second-order valence-electron chi connectivity index (χ2n) is 13.0. The lowest BCUT2D eigenvalue weighted by molar-refractivity contribution is -0.117. The molecular weight excluding hydrogens is 634 g/mol. The van der Waals surface area contributed by atoms with E-state index in [1.807, 2.05) is 56.3 Å². The third-order valence-electron chi connectivity index (χ3n) is 7.72. The number of carbonyl (C=O) groups is 2. The van der Waals surface area contributed by atoms with Crippen LogP contribution in [0.25, 0.3) is 17.2 Å². The van der Waals surface area contributed by atoms with Crippen LogP contribution in [0.5, 0.6) is 0 Å². The minimum absolute atomic E-state index is 0.0201. The Morgan fingerprint density at radius 2 is 1.54 bits per heavy atom. The van der Waals surface area contributed by atoms with Crippen molar-refractivity contribution in [3.8, 4) is 11.1 Å². The van der Waals surface area contributed by atoms with Gasteiger partial charge in [-0.1, -0.05) is 93.1 Å². The highest BCUT2D eigenvalue weighted by molar-refractivity contribution is 7.85. The molecule has 2 amide bonds. The minimum atomic E-state index is -4.22. The molecule has 4 aromatic carbocycles. The molecule has 7 nitrogen and oxygen atoms in total. The van der Waals surface area contributed by atoms with Gasteiger partial charge in [-0.05, 0) is 71.7 Å². The molecule has 48 heavy (non-hydrogen) atoms. The van der Waals surface area contributed by atoms with Crippen LogP contribution in [0.2, 0.25) is 0 Å². The first kappa shape index (κ1) is 36.2. The lowest BCUT2D eigenvalue weighted by Crippen LogP contribution is -2.28. The lowest BCUT2D eigenvalue weighted by Gasteiger charge is -2.19. The summed E-state index contributed by atoms with van der Waals surface area (Å²) in [5.74, 6) is -3.93. The van der Waals surface area contributed by atoms with E-state index in [2.05, 4.69) is 37.5 Å². The number of amides is 2. The molecule has 3 N–H and O–H groups in total. The molecule has 252 valence electrons. The molecule has 1 atom stereocenters. The first-order valence-electron chi connectivity index (χ1n) is 15.5. The zero-order valence-electron chi connectivity index (χ0n) is 27.6. The van der Waals surface area contributed by atoms with E-state index in [0.717, 1.165) is 28.8 Å². The first-order valence-corrected chi connectivity index (χ1v) is 17.1. The zero-order valence-corrected chi connectivity index (χ0v) is 28.4. The molecule has 1 unspecified atom stereocenters. The Morgan fingerprint density at radius 3 is 2.15 bits per heavy atom. The van der Waals surface area contributed by atoms with Crippen LogP contribution in [0.3, 0.4) is 0 Å². The van der Waals surface area contributed by atoms with Crippen LogP contribution in [0.4, 0.5) is 14.5 Å². The van der Waals surface area contributed by atoms with Crippen molar-refractivity contribution in [3.05, 3.63) is 130 Å². The highest BCUT2D eigenvalue weighted by Crippen LogP contribution is 2.32. The number of anilines is 1. The third-order valence-corrected chi connectivity index (χ3v) is 8.44. The molecule has 10 heteroatoms. The Hall–Kier alpha value is -4.67. The minimum Gasteiger partial charge on any atom is -0.351 e. The lowest BCUT2D eigenvalue weighted by atomic mass is 9.89. The number of halogens is 2. The Labute approximate surface area is 280 Å². The molecule has 0 saturated heterocycles. The molecule has 4 aromatic rings. The molecule has 0 aromatic heterocycles. The van der Waals surface area contributed by atoms with Crippen molar-refractivity contribution in [3.63, 3.8) is 0 Å². The zero-order chi connectivity index (χ0) is 35.2. The van der Waals surface area contributed by atoms with Crippen LogP contribution < -0.4 is 10.6 Å². The monoisotopic (exact) mass is 674 g/mol. The van der Waals surface area contributed by atoms with Crippen molar-refractivity contribution in [1.29, 1.82) is 0 Å². The van der Waals surface area contributed by atoms with Crippen LogP contribution in [0.15, 0.2) is 84.9 Å². The van der Waals surface area contributed by atoms with Gasteiger partial charge in [0, 0.05) is 23.7 Å². The van der Waals surface area contributed by atoms with Gasteiger partial charge in [0.25, 0.3) is 16.0 Å². The highest BCUT2D eigenvalue weighted by Gasteiger charge is 2.24. The van der Waals surface area contributed by atoms with Crippen LogP contribution in [-0.2, 0) is 21.3 Å². The van der Waals surface area contributed by atoms with E-state index in [1.54, 1.807) is 18.2 Å². The molecule has 0 heterocycles. The Morgan fingerprint density at radius 1 is 0.875 bits per heavy atom. The van der Waals surface area contributed by atoms with Crippen molar-refractivity contribution in [2.24, 2.45) is 5.41 Å². The maximum absolute atomic E-state index is 15.4. The number of nitrogens with one attached hydrogen (secondary N) is 2. The van der Waals surface area contributed by atoms with Gasteiger partial charge in [-0.15, -0.1) is 0 Å². The van der Waals surface area contributed by atoms with Gasteiger partial charge in [0.15, 0.2) is 0 Å². The summed E-state index contributed by atoms with van der Waals surface area (Å²) in [4.78, 5) is 26.2. The predicted octanol–water partition coefficient (Wildman–Crippen LogP) is 7.89. The van der Waals surface area contributed by atoms with Crippen molar-refractivity contribution in [2.75, 3.05) is 17.6 Å². The van der Waals surface area contributed by atoms with Crippen molar-refractivity contribution in [2.45, 2.75) is 47.0 Å². The topological polar surface area (TPSA) is 113 Å². The normalized spacial score (nSPS) is 12.6. The van der Waals surface area contributed by atoms with Gasteiger partial charge in [-0.2, -0.15) is 8.42 Å². The molecule has 0 radical (unpaired) electrons. The molecule has 0 saturated carbocycles. The van der Waals surface area contributed by atoms with E-state index in [-0.39, 0.29) is 35.2 Å². The fourth-order valence-corrected chi connectivity index (χ4v) is 5.52. The summed E-state index contributed by atoms with van der Waals surface area (Å²) >= 11 is 0. The number of rotatable bonds is 11. The number of aryl methyl sites for hydroxylation is 2. The molecule has 0 spiro atoms. The van der Waals surface area contributed by atoms with Crippen LogP contribution in [-0.4, -0.2) is 37.1 Å². The van der Waals surface area contributed by atoms with Crippen LogP contribution >= 0.6 is 0 Å².